The Labute approximate surface area is 81.5 Å². The first-order valence-corrected chi connectivity index (χ1v) is 5.05. The van der Waals surface area contributed by atoms with Crippen LogP contribution in [0.1, 0.15) is 45.4 Å². The Kier molecular flexibility index (Phi) is 8.64. The first-order valence-electron chi connectivity index (χ1n) is 5.05. The first kappa shape index (κ1) is 12.2. The van der Waals surface area contributed by atoms with Crippen molar-refractivity contribution in [3.8, 4) is 0 Å². The number of carbonyl (C=O) groups is 1. The molecule has 0 aromatic carbocycles. The molecule has 0 N–H and O–H groups in total. The van der Waals surface area contributed by atoms with E-state index in [4.69, 9.17) is 0 Å². The van der Waals surface area contributed by atoms with E-state index in [9.17, 15) is 4.79 Å². The monoisotopic (exact) mass is 180 g/mol. The third kappa shape index (κ3) is 11.1. The van der Waals surface area contributed by atoms with Crippen LogP contribution in [0.15, 0.2) is 24.8 Å². The van der Waals surface area contributed by atoms with Crippen molar-refractivity contribution in [1.29, 1.82) is 0 Å². The van der Waals surface area contributed by atoms with Gasteiger partial charge >= 0.3 is 0 Å². The van der Waals surface area contributed by atoms with Crippen molar-refractivity contribution in [2.45, 2.75) is 45.4 Å². The lowest BCUT2D eigenvalue weighted by Crippen LogP contribution is -1.80. The topological polar surface area (TPSA) is 17.1 Å². The summed E-state index contributed by atoms with van der Waals surface area (Å²) in [7, 11) is 0. The van der Waals surface area contributed by atoms with Gasteiger partial charge in [0.15, 0.2) is 5.78 Å². The van der Waals surface area contributed by atoms with E-state index >= 15 is 0 Å². The molecule has 0 aromatic rings. The highest BCUT2D eigenvalue weighted by atomic mass is 16.1. The predicted molar refractivity (Wildman–Crippen MR) is 57.7 cm³/mol. The first-order chi connectivity index (χ1) is 6.27. The molecule has 1 heteroatoms. The lowest BCUT2D eigenvalue weighted by atomic mass is 10.1. The van der Waals surface area contributed by atoms with Gasteiger partial charge in [-0.3, -0.25) is 4.79 Å². The average Bonchev–Trinajstić information content (AvgIpc) is 2.09. The Hall–Kier alpha value is -0.850. The minimum absolute atomic E-state index is 0.145. The molecule has 0 saturated heterocycles. The highest BCUT2D eigenvalue weighted by molar-refractivity contribution is 5.87. The standard InChI is InChI=1S/C12H20O/c1-3-4-5-6-7-8-9-10-11-12(2)13/h3,10-11H,1,4-9H2,2H3/b11-10+. The highest BCUT2D eigenvalue weighted by Crippen LogP contribution is 2.05. The third-order valence-electron chi connectivity index (χ3n) is 1.88. The van der Waals surface area contributed by atoms with Gasteiger partial charge in [-0.2, -0.15) is 0 Å². The van der Waals surface area contributed by atoms with Crippen LogP contribution < -0.4 is 0 Å². The molecule has 0 aliphatic heterocycles. The SMILES string of the molecule is C=CCCCCCC/C=C/C(C)=O. The fraction of sp³-hybridized carbons (Fsp3) is 0.583. The minimum atomic E-state index is 0.145. The molecule has 0 aliphatic rings. The lowest BCUT2D eigenvalue weighted by Gasteiger charge is -1.95. The van der Waals surface area contributed by atoms with E-state index in [0.29, 0.717) is 0 Å². The number of carbonyl (C=O) groups excluding carboxylic acids is 1. The maximum atomic E-state index is 10.5. The van der Waals surface area contributed by atoms with Gasteiger partial charge in [0.2, 0.25) is 0 Å². The Balaban J connectivity index is 3.07. The van der Waals surface area contributed by atoms with Gasteiger partial charge in [-0.1, -0.05) is 25.0 Å². The normalized spacial score (nSPS) is 10.5. The molecular formula is C12H20O. The van der Waals surface area contributed by atoms with E-state index in [-0.39, 0.29) is 5.78 Å². The molecule has 0 fully saturated rings. The zero-order valence-electron chi connectivity index (χ0n) is 8.59. The van der Waals surface area contributed by atoms with Gasteiger partial charge in [-0.25, -0.2) is 0 Å². The van der Waals surface area contributed by atoms with Gasteiger partial charge in [-0.15, -0.1) is 6.58 Å². The Bertz CT molecular complexity index is 168. The summed E-state index contributed by atoms with van der Waals surface area (Å²) >= 11 is 0. The largest absolute Gasteiger partial charge is 0.295 e. The number of unbranched alkanes of at least 4 members (excludes halogenated alkanes) is 5. The summed E-state index contributed by atoms with van der Waals surface area (Å²) in [6.45, 7) is 5.26. The summed E-state index contributed by atoms with van der Waals surface area (Å²) in [5.41, 5.74) is 0. The van der Waals surface area contributed by atoms with Crippen LogP contribution in [0.25, 0.3) is 0 Å². The minimum Gasteiger partial charge on any atom is -0.295 e. The maximum absolute atomic E-state index is 10.5. The Morgan fingerprint density at radius 2 is 1.77 bits per heavy atom. The molecule has 74 valence electrons. The van der Waals surface area contributed by atoms with Crippen LogP contribution in [-0.2, 0) is 4.79 Å². The van der Waals surface area contributed by atoms with Crippen LogP contribution >= 0.6 is 0 Å². The molecule has 0 unspecified atom stereocenters. The Morgan fingerprint density at radius 3 is 2.31 bits per heavy atom. The van der Waals surface area contributed by atoms with Crippen LogP contribution in [0.3, 0.4) is 0 Å². The van der Waals surface area contributed by atoms with Crippen LogP contribution in [0.4, 0.5) is 0 Å². The molecule has 13 heavy (non-hydrogen) atoms. The van der Waals surface area contributed by atoms with Crippen molar-refractivity contribution in [2.24, 2.45) is 0 Å². The van der Waals surface area contributed by atoms with Gasteiger partial charge in [0.25, 0.3) is 0 Å². The molecule has 0 saturated carbocycles. The van der Waals surface area contributed by atoms with Gasteiger partial charge in [0.1, 0.15) is 0 Å². The fourth-order valence-electron chi connectivity index (χ4n) is 1.15. The molecule has 0 rings (SSSR count). The van der Waals surface area contributed by atoms with Gasteiger partial charge in [0.05, 0.1) is 0 Å². The second kappa shape index (κ2) is 9.24. The molecular weight excluding hydrogens is 160 g/mol. The molecule has 0 aromatic heterocycles. The van der Waals surface area contributed by atoms with Crippen LogP contribution in [0.5, 0.6) is 0 Å². The van der Waals surface area contributed by atoms with Crippen LogP contribution in [0.2, 0.25) is 0 Å². The molecule has 0 aliphatic carbocycles. The van der Waals surface area contributed by atoms with E-state index in [1.807, 2.05) is 12.2 Å². The molecule has 0 bridgehead atoms. The number of rotatable bonds is 8. The summed E-state index contributed by atoms with van der Waals surface area (Å²) in [4.78, 5) is 10.5. The number of hydrogen-bond donors (Lipinski definition) is 0. The molecule has 0 amide bonds. The summed E-state index contributed by atoms with van der Waals surface area (Å²) in [6, 6.07) is 0. The van der Waals surface area contributed by atoms with Crippen molar-refractivity contribution in [2.75, 3.05) is 0 Å². The van der Waals surface area contributed by atoms with Crippen molar-refractivity contribution < 1.29 is 4.79 Å². The van der Waals surface area contributed by atoms with Crippen LogP contribution in [-0.4, -0.2) is 5.78 Å². The second-order valence-corrected chi connectivity index (χ2v) is 3.29. The van der Waals surface area contributed by atoms with E-state index in [1.165, 1.54) is 25.7 Å². The van der Waals surface area contributed by atoms with Crippen molar-refractivity contribution in [3.05, 3.63) is 24.8 Å². The van der Waals surface area contributed by atoms with Gasteiger partial charge < -0.3 is 0 Å². The number of ketones is 1. The van der Waals surface area contributed by atoms with E-state index < -0.39 is 0 Å². The van der Waals surface area contributed by atoms with Crippen molar-refractivity contribution >= 4 is 5.78 Å². The van der Waals surface area contributed by atoms with E-state index in [0.717, 1.165) is 12.8 Å². The van der Waals surface area contributed by atoms with Gasteiger partial charge in [-0.05, 0) is 38.7 Å². The molecule has 0 spiro atoms. The van der Waals surface area contributed by atoms with Crippen LogP contribution in [0, 0.1) is 0 Å². The highest BCUT2D eigenvalue weighted by Gasteiger charge is 1.87. The quantitative estimate of drug-likeness (QED) is 0.316. The molecule has 1 nitrogen and oxygen atoms in total. The lowest BCUT2D eigenvalue weighted by molar-refractivity contribution is -0.112. The second-order valence-electron chi connectivity index (χ2n) is 3.29. The number of hydrogen-bond acceptors (Lipinski definition) is 1. The smallest absolute Gasteiger partial charge is 0.152 e. The van der Waals surface area contributed by atoms with Crippen molar-refractivity contribution in [3.63, 3.8) is 0 Å². The number of allylic oxidation sites excluding steroid dienone is 3. The molecule has 0 heterocycles. The summed E-state index contributed by atoms with van der Waals surface area (Å²) in [6.07, 6.45) is 12.7. The molecule has 0 radical (unpaired) electrons. The third-order valence-corrected chi connectivity index (χ3v) is 1.88. The van der Waals surface area contributed by atoms with E-state index in [1.54, 1.807) is 13.0 Å². The zero-order chi connectivity index (χ0) is 9.94. The summed E-state index contributed by atoms with van der Waals surface area (Å²) in [5, 5.41) is 0. The Morgan fingerprint density at radius 1 is 1.15 bits per heavy atom. The average molecular weight is 180 g/mol. The van der Waals surface area contributed by atoms with Gasteiger partial charge in [0, 0.05) is 0 Å². The predicted octanol–water partition coefficient (Wildman–Crippen LogP) is 3.66. The zero-order valence-corrected chi connectivity index (χ0v) is 8.59. The van der Waals surface area contributed by atoms with Crippen molar-refractivity contribution in [1.82, 2.24) is 0 Å². The molecule has 0 atom stereocenters. The summed E-state index contributed by atoms with van der Waals surface area (Å²) in [5.74, 6) is 0.145. The summed E-state index contributed by atoms with van der Waals surface area (Å²) < 4.78 is 0. The van der Waals surface area contributed by atoms with E-state index in [2.05, 4.69) is 6.58 Å². The maximum Gasteiger partial charge on any atom is 0.152 e. The fourth-order valence-corrected chi connectivity index (χ4v) is 1.15.